The highest BCUT2D eigenvalue weighted by Crippen LogP contribution is 2.20. The molecule has 0 saturated carbocycles. The SMILES string of the molecule is COCC(=O)c1cc2cc(F)ccc2o1. The zero-order valence-electron chi connectivity index (χ0n) is 8.12. The van der Waals surface area contributed by atoms with Crippen LogP contribution in [0.3, 0.4) is 0 Å². The molecule has 0 fully saturated rings. The summed E-state index contributed by atoms with van der Waals surface area (Å²) < 4.78 is 22.8. The average molecular weight is 208 g/mol. The number of benzene rings is 1. The Labute approximate surface area is 85.4 Å². The number of hydrogen-bond donors (Lipinski definition) is 0. The molecule has 3 nitrogen and oxygen atoms in total. The van der Waals surface area contributed by atoms with Crippen LogP contribution < -0.4 is 0 Å². The lowest BCUT2D eigenvalue weighted by atomic mass is 10.2. The Hall–Kier alpha value is -1.68. The first-order valence-electron chi connectivity index (χ1n) is 4.42. The maximum atomic E-state index is 12.8. The maximum Gasteiger partial charge on any atom is 0.223 e. The number of methoxy groups -OCH3 is 1. The van der Waals surface area contributed by atoms with Crippen molar-refractivity contribution in [2.24, 2.45) is 0 Å². The molecule has 1 aromatic heterocycles. The van der Waals surface area contributed by atoms with Crippen molar-refractivity contribution < 1.29 is 18.3 Å². The van der Waals surface area contributed by atoms with Gasteiger partial charge in [-0.3, -0.25) is 4.79 Å². The van der Waals surface area contributed by atoms with Gasteiger partial charge in [0.15, 0.2) is 5.76 Å². The summed E-state index contributed by atoms with van der Waals surface area (Å²) in [5.74, 6) is -0.416. The molecule has 0 bridgehead atoms. The molecule has 0 unspecified atom stereocenters. The van der Waals surface area contributed by atoms with Crippen molar-refractivity contribution in [1.29, 1.82) is 0 Å². The summed E-state index contributed by atoms with van der Waals surface area (Å²) in [5.41, 5.74) is 0.496. The second-order valence-electron chi connectivity index (χ2n) is 3.15. The summed E-state index contributed by atoms with van der Waals surface area (Å²) in [7, 11) is 1.43. The minimum Gasteiger partial charge on any atom is -0.453 e. The van der Waals surface area contributed by atoms with E-state index in [2.05, 4.69) is 0 Å². The van der Waals surface area contributed by atoms with Crippen LogP contribution >= 0.6 is 0 Å². The predicted molar refractivity (Wildman–Crippen MR) is 52.4 cm³/mol. The number of fused-ring (bicyclic) bond motifs is 1. The van der Waals surface area contributed by atoms with Crippen molar-refractivity contribution in [2.45, 2.75) is 0 Å². The molecule has 2 rings (SSSR count). The summed E-state index contributed by atoms with van der Waals surface area (Å²) in [6, 6.07) is 5.62. The van der Waals surface area contributed by atoms with E-state index in [9.17, 15) is 9.18 Å². The fourth-order valence-corrected chi connectivity index (χ4v) is 1.35. The third-order valence-corrected chi connectivity index (χ3v) is 2.03. The van der Waals surface area contributed by atoms with Gasteiger partial charge in [0, 0.05) is 12.5 Å². The van der Waals surface area contributed by atoms with Crippen LogP contribution in [-0.2, 0) is 4.74 Å². The Balaban J connectivity index is 2.42. The standard InChI is InChI=1S/C11H9FO3/c1-14-6-9(13)11-5-7-4-8(12)2-3-10(7)15-11/h2-5H,6H2,1H3. The fraction of sp³-hybridized carbons (Fsp3) is 0.182. The average Bonchev–Trinajstić information content (AvgIpc) is 2.60. The second kappa shape index (κ2) is 3.82. The van der Waals surface area contributed by atoms with Crippen LogP contribution in [0.4, 0.5) is 4.39 Å². The maximum absolute atomic E-state index is 12.8. The van der Waals surface area contributed by atoms with Crippen LogP contribution in [-0.4, -0.2) is 19.5 Å². The molecular weight excluding hydrogens is 199 g/mol. The first-order valence-corrected chi connectivity index (χ1v) is 4.42. The highest BCUT2D eigenvalue weighted by Gasteiger charge is 2.11. The van der Waals surface area contributed by atoms with Gasteiger partial charge in [0.1, 0.15) is 18.0 Å². The number of ketones is 1. The third-order valence-electron chi connectivity index (χ3n) is 2.03. The number of Topliss-reactive ketones (excluding diaryl/α,β-unsaturated/α-hetero) is 1. The Morgan fingerprint density at radius 2 is 2.27 bits per heavy atom. The molecule has 4 heteroatoms. The number of carbonyl (C=O) groups is 1. The Morgan fingerprint density at radius 1 is 1.47 bits per heavy atom. The lowest BCUT2D eigenvalue weighted by molar-refractivity contribution is 0.0822. The minimum absolute atomic E-state index is 0.0394. The van der Waals surface area contributed by atoms with E-state index < -0.39 is 0 Å². The van der Waals surface area contributed by atoms with Gasteiger partial charge >= 0.3 is 0 Å². The number of rotatable bonds is 3. The Morgan fingerprint density at radius 3 is 3.00 bits per heavy atom. The van der Waals surface area contributed by atoms with Crippen molar-refractivity contribution in [2.75, 3.05) is 13.7 Å². The van der Waals surface area contributed by atoms with Gasteiger partial charge in [-0.1, -0.05) is 0 Å². The van der Waals surface area contributed by atoms with Crippen molar-refractivity contribution in [3.05, 3.63) is 35.8 Å². The van der Waals surface area contributed by atoms with Crippen LogP contribution in [0.1, 0.15) is 10.6 Å². The largest absolute Gasteiger partial charge is 0.453 e. The number of hydrogen-bond acceptors (Lipinski definition) is 3. The molecule has 0 amide bonds. The van der Waals surface area contributed by atoms with E-state index in [1.54, 1.807) is 0 Å². The second-order valence-corrected chi connectivity index (χ2v) is 3.15. The molecule has 0 saturated heterocycles. The van der Waals surface area contributed by atoms with Gasteiger partial charge in [-0.2, -0.15) is 0 Å². The molecule has 1 heterocycles. The number of ether oxygens (including phenoxy) is 1. The molecule has 1 aromatic carbocycles. The first-order chi connectivity index (χ1) is 7.20. The molecular formula is C11H9FO3. The zero-order chi connectivity index (χ0) is 10.8. The lowest BCUT2D eigenvalue weighted by Gasteiger charge is -1.92. The summed E-state index contributed by atoms with van der Waals surface area (Å²) in [5, 5.41) is 0.578. The molecule has 0 radical (unpaired) electrons. The van der Waals surface area contributed by atoms with E-state index in [1.165, 1.54) is 31.4 Å². The highest BCUT2D eigenvalue weighted by molar-refractivity contribution is 5.98. The summed E-state index contributed by atoms with van der Waals surface area (Å²) in [6.45, 7) is -0.0394. The van der Waals surface area contributed by atoms with E-state index in [4.69, 9.17) is 9.15 Å². The lowest BCUT2D eigenvalue weighted by Crippen LogP contribution is -2.05. The monoisotopic (exact) mass is 208 g/mol. The van der Waals surface area contributed by atoms with E-state index in [1.807, 2.05) is 0 Å². The number of furan rings is 1. The molecule has 2 aromatic rings. The molecule has 0 N–H and O–H groups in total. The van der Waals surface area contributed by atoms with Crippen molar-refractivity contribution in [3.8, 4) is 0 Å². The van der Waals surface area contributed by atoms with Gasteiger partial charge in [0.2, 0.25) is 5.78 Å². The van der Waals surface area contributed by atoms with Gasteiger partial charge in [-0.15, -0.1) is 0 Å². The smallest absolute Gasteiger partial charge is 0.223 e. The van der Waals surface area contributed by atoms with Gasteiger partial charge in [-0.25, -0.2) is 4.39 Å². The summed E-state index contributed by atoms with van der Waals surface area (Å²) in [6.07, 6.45) is 0. The predicted octanol–water partition coefficient (Wildman–Crippen LogP) is 2.40. The summed E-state index contributed by atoms with van der Waals surface area (Å²) in [4.78, 5) is 11.4. The highest BCUT2D eigenvalue weighted by atomic mass is 19.1. The van der Waals surface area contributed by atoms with Gasteiger partial charge in [-0.05, 0) is 24.3 Å². The van der Waals surface area contributed by atoms with Gasteiger partial charge in [0.25, 0.3) is 0 Å². The molecule has 0 spiro atoms. The van der Waals surface area contributed by atoms with Crippen molar-refractivity contribution in [1.82, 2.24) is 0 Å². The molecule has 78 valence electrons. The molecule has 0 atom stereocenters. The third kappa shape index (κ3) is 1.89. The van der Waals surface area contributed by atoms with Crippen LogP contribution in [0.2, 0.25) is 0 Å². The van der Waals surface area contributed by atoms with E-state index in [0.29, 0.717) is 11.0 Å². The topological polar surface area (TPSA) is 39.4 Å². The van der Waals surface area contributed by atoms with Crippen LogP contribution in [0.5, 0.6) is 0 Å². The zero-order valence-corrected chi connectivity index (χ0v) is 8.12. The quantitative estimate of drug-likeness (QED) is 0.727. The van der Waals surface area contributed by atoms with Crippen molar-refractivity contribution in [3.63, 3.8) is 0 Å². The van der Waals surface area contributed by atoms with Crippen molar-refractivity contribution >= 4 is 16.8 Å². The first kappa shape index (κ1) is 9.86. The number of halogens is 1. The van der Waals surface area contributed by atoms with Crippen LogP contribution in [0, 0.1) is 5.82 Å². The van der Waals surface area contributed by atoms with Crippen LogP contribution in [0.25, 0.3) is 11.0 Å². The molecule has 0 aliphatic heterocycles. The van der Waals surface area contributed by atoms with E-state index in [-0.39, 0.29) is 24.0 Å². The van der Waals surface area contributed by atoms with E-state index >= 15 is 0 Å². The Kier molecular flexibility index (Phi) is 2.51. The van der Waals surface area contributed by atoms with E-state index in [0.717, 1.165) is 0 Å². The van der Waals surface area contributed by atoms with Gasteiger partial charge in [0.05, 0.1) is 0 Å². The number of carbonyl (C=O) groups excluding carboxylic acids is 1. The van der Waals surface area contributed by atoms with Gasteiger partial charge < -0.3 is 9.15 Å². The minimum atomic E-state index is -0.353. The Bertz CT molecular complexity index is 502. The molecule has 15 heavy (non-hydrogen) atoms. The summed E-state index contributed by atoms with van der Waals surface area (Å²) >= 11 is 0. The fourth-order valence-electron chi connectivity index (χ4n) is 1.35. The normalized spacial score (nSPS) is 10.8. The van der Waals surface area contributed by atoms with Crippen LogP contribution in [0.15, 0.2) is 28.7 Å². The molecule has 0 aliphatic rings. The molecule has 0 aliphatic carbocycles.